The smallest absolute Gasteiger partial charge is 0.254 e. The average molecular weight is 314 g/mol. The lowest BCUT2D eigenvalue weighted by molar-refractivity contribution is 0.0765. The van der Waals surface area contributed by atoms with Crippen LogP contribution in [0.5, 0.6) is 5.75 Å². The molecule has 1 saturated heterocycles. The van der Waals surface area contributed by atoms with Crippen molar-refractivity contribution in [1.29, 1.82) is 0 Å². The van der Waals surface area contributed by atoms with Gasteiger partial charge in [-0.3, -0.25) is 4.79 Å². The third-order valence-corrected chi connectivity index (χ3v) is 4.39. The predicted octanol–water partition coefficient (Wildman–Crippen LogP) is 2.31. The van der Waals surface area contributed by atoms with Gasteiger partial charge in [-0.15, -0.1) is 0 Å². The van der Waals surface area contributed by atoms with Crippen molar-refractivity contribution in [2.45, 2.75) is 26.4 Å². The van der Waals surface area contributed by atoms with Gasteiger partial charge in [-0.05, 0) is 50.6 Å². The van der Waals surface area contributed by atoms with Crippen LogP contribution in [0, 0.1) is 13.8 Å². The normalized spacial score (nSPS) is 17.6. The molecule has 122 valence electrons. The van der Waals surface area contributed by atoms with Crippen molar-refractivity contribution in [2.24, 2.45) is 0 Å². The topological polar surface area (TPSA) is 54.7 Å². The fourth-order valence-electron chi connectivity index (χ4n) is 3.16. The summed E-state index contributed by atoms with van der Waals surface area (Å²) >= 11 is 0. The highest BCUT2D eigenvalue weighted by molar-refractivity contribution is 5.95. The molecule has 1 atom stereocenters. The number of aryl methyl sites for hydroxylation is 2. The molecule has 2 aromatic rings. The molecule has 3 rings (SSSR count). The number of β-amino-alcohol motifs (C(OH)–C–C–N with tert-alkyl or cyclic N) is 1. The van der Waals surface area contributed by atoms with Gasteiger partial charge in [-0.1, -0.05) is 0 Å². The number of aliphatic hydroxyl groups is 1. The number of hydrogen-bond donors (Lipinski definition) is 1. The van der Waals surface area contributed by atoms with Crippen molar-refractivity contribution in [2.75, 3.05) is 20.2 Å². The number of ether oxygens (including phenoxy) is 1. The maximum Gasteiger partial charge on any atom is 0.254 e. The van der Waals surface area contributed by atoms with E-state index in [4.69, 9.17) is 4.74 Å². The molecule has 1 amide bonds. The quantitative estimate of drug-likeness (QED) is 0.946. The number of aliphatic hydroxyl groups excluding tert-OH is 1. The van der Waals surface area contributed by atoms with E-state index in [9.17, 15) is 9.90 Å². The zero-order valence-corrected chi connectivity index (χ0v) is 13.7. The second-order valence-electron chi connectivity index (χ2n) is 6.03. The van der Waals surface area contributed by atoms with E-state index in [-0.39, 0.29) is 5.91 Å². The van der Waals surface area contributed by atoms with Crippen molar-refractivity contribution in [1.82, 2.24) is 9.47 Å². The molecule has 0 spiro atoms. The Morgan fingerprint density at radius 3 is 2.48 bits per heavy atom. The Morgan fingerprint density at radius 1 is 1.22 bits per heavy atom. The van der Waals surface area contributed by atoms with Gasteiger partial charge in [-0.2, -0.15) is 0 Å². The number of rotatable bonds is 3. The van der Waals surface area contributed by atoms with Crippen molar-refractivity contribution in [3.8, 4) is 11.4 Å². The summed E-state index contributed by atoms with van der Waals surface area (Å²) in [4.78, 5) is 14.3. The first kappa shape index (κ1) is 15.6. The van der Waals surface area contributed by atoms with Crippen LogP contribution in [0.25, 0.3) is 5.69 Å². The second kappa shape index (κ2) is 6.08. The highest BCUT2D eigenvalue weighted by Crippen LogP contribution is 2.28. The van der Waals surface area contributed by atoms with Gasteiger partial charge in [0.05, 0.1) is 18.9 Å². The SMILES string of the molecule is COc1ccc(C(=O)N2CC[C@@H](O)C2)cc1-n1c(C)ccc1C. The Labute approximate surface area is 136 Å². The minimum absolute atomic E-state index is 0.0482. The van der Waals surface area contributed by atoms with Crippen molar-refractivity contribution in [3.63, 3.8) is 0 Å². The van der Waals surface area contributed by atoms with E-state index in [1.807, 2.05) is 38.1 Å². The first-order valence-electron chi connectivity index (χ1n) is 7.82. The first-order valence-corrected chi connectivity index (χ1v) is 7.82. The predicted molar refractivity (Wildman–Crippen MR) is 88.3 cm³/mol. The summed E-state index contributed by atoms with van der Waals surface area (Å²) in [6, 6.07) is 9.56. The van der Waals surface area contributed by atoms with Gasteiger partial charge >= 0.3 is 0 Å². The molecule has 1 N–H and O–H groups in total. The van der Waals surface area contributed by atoms with Crippen LogP contribution < -0.4 is 4.74 Å². The molecule has 1 aliphatic rings. The highest BCUT2D eigenvalue weighted by atomic mass is 16.5. The molecule has 1 aliphatic heterocycles. The van der Waals surface area contributed by atoms with Gasteiger partial charge in [0.25, 0.3) is 5.91 Å². The number of likely N-dealkylation sites (tertiary alicyclic amines) is 1. The van der Waals surface area contributed by atoms with Gasteiger partial charge in [0.2, 0.25) is 0 Å². The molecule has 0 saturated carbocycles. The number of methoxy groups -OCH3 is 1. The summed E-state index contributed by atoms with van der Waals surface area (Å²) in [5, 5.41) is 9.64. The summed E-state index contributed by atoms with van der Waals surface area (Å²) < 4.78 is 7.55. The van der Waals surface area contributed by atoms with E-state index >= 15 is 0 Å². The third kappa shape index (κ3) is 2.84. The molecule has 2 heterocycles. The minimum Gasteiger partial charge on any atom is -0.495 e. The number of amides is 1. The molecule has 0 radical (unpaired) electrons. The Bertz CT molecular complexity index is 716. The van der Waals surface area contributed by atoms with Gasteiger partial charge in [0.15, 0.2) is 0 Å². The first-order chi connectivity index (χ1) is 11.0. The van der Waals surface area contributed by atoms with E-state index < -0.39 is 6.10 Å². The molecular formula is C18H22N2O3. The third-order valence-electron chi connectivity index (χ3n) is 4.39. The van der Waals surface area contributed by atoms with Crippen molar-refractivity contribution >= 4 is 5.91 Å². The molecular weight excluding hydrogens is 292 g/mol. The Hall–Kier alpha value is -2.27. The standard InChI is InChI=1S/C18H22N2O3/c1-12-4-5-13(2)20(12)16-10-14(6-7-17(16)23-3)18(22)19-9-8-15(21)11-19/h4-7,10,15,21H,8-9,11H2,1-3H3/t15-/m1/s1. The second-order valence-corrected chi connectivity index (χ2v) is 6.03. The molecule has 23 heavy (non-hydrogen) atoms. The molecule has 5 heteroatoms. The van der Waals surface area contributed by atoms with Crippen LogP contribution in [-0.2, 0) is 0 Å². The average Bonchev–Trinajstić information content (AvgIpc) is 3.12. The van der Waals surface area contributed by atoms with Crippen LogP contribution in [0.3, 0.4) is 0 Å². The largest absolute Gasteiger partial charge is 0.495 e. The van der Waals surface area contributed by atoms with Crippen LogP contribution in [0.2, 0.25) is 0 Å². The van der Waals surface area contributed by atoms with Crippen LogP contribution in [0.1, 0.15) is 28.2 Å². The van der Waals surface area contributed by atoms with Crippen molar-refractivity contribution < 1.29 is 14.6 Å². The number of nitrogens with zero attached hydrogens (tertiary/aromatic N) is 2. The zero-order valence-electron chi connectivity index (χ0n) is 13.7. The van der Waals surface area contributed by atoms with E-state index in [1.54, 1.807) is 18.1 Å². The highest BCUT2D eigenvalue weighted by Gasteiger charge is 2.26. The zero-order chi connectivity index (χ0) is 16.6. The van der Waals surface area contributed by atoms with Crippen LogP contribution in [-0.4, -0.2) is 46.8 Å². The molecule has 1 aromatic carbocycles. The minimum atomic E-state index is -0.411. The summed E-state index contributed by atoms with van der Waals surface area (Å²) in [6.07, 6.45) is 0.232. The fraction of sp³-hybridized carbons (Fsp3) is 0.389. The van der Waals surface area contributed by atoms with Gasteiger partial charge in [0.1, 0.15) is 5.75 Å². The van der Waals surface area contributed by atoms with Crippen molar-refractivity contribution in [3.05, 3.63) is 47.3 Å². The monoisotopic (exact) mass is 314 g/mol. The molecule has 5 nitrogen and oxygen atoms in total. The van der Waals surface area contributed by atoms with E-state index in [0.717, 1.165) is 22.8 Å². The van der Waals surface area contributed by atoms with Crippen LogP contribution in [0.15, 0.2) is 30.3 Å². The lowest BCUT2D eigenvalue weighted by atomic mass is 10.1. The Morgan fingerprint density at radius 2 is 1.91 bits per heavy atom. The van der Waals surface area contributed by atoms with E-state index in [0.29, 0.717) is 25.1 Å². The molecule has 0 aliphatic carbocycles. The maximum absolute atomic E-state index is 12.6. The number of carbonyl (C=O) groups is 1. The summed E-state index contributed by atoms with van der Waals surface area (Å²) in [5.41, 5.74) is 3.64. The number of carbonyl (C=O) groups excluding carboxylic acids is 1. The summed E-state index contributed by atoms with van der Waals surface area (Å²) in [6.45, 7) is 5.06. The van der Waals surface area contributed by atoms with E-state index in [2.05, 4.69) is 4.57 Å². The van der Waals surface area contributed by atoms with Gasteiger partial charge in [-0.25, -0.2) is 0 Å². The molecule has 0 unspecified atom stereocenters. The summed E-state index contributed by atoms with van der Waals surface area (Å²) in [5.74, 6) is 0.679. The molecule has 1 fully saturated rings. The Kier molecular flexibility index (Phi) is 4.13. The summed E-state index contributed by atoms with van der Waals surface area (Å²) in [7, 11) is 1.63. The molecule has 1 aromatic heterocycles. The Balaban J connectivity index is 2.01. The number of benzene rings is 1. The number of hydrogen-bond acceptors (Lipinski definition) is 3. The lowest BCUT2D eigenvalue weighted by Gasteiger charge is -2.18. The number of aromatic nitrogens is 1. The van der Waals surface area contributed by atoms with Crippen LogP contribution >= 0.6 is 0 Å². The van der Waals surface area contributed by atoms with Crippen LogP contribution in [0.4, 0.5) is 0 Å². The van der Waals surface area contributed by atoms with E-state index in [1.165, 1.54) is 0 Å². The molecule has 0 bridgehead atoms. The maximum atomic E-state index is 12.6. The van der Waals surface area contributed by atoms with Gasteiger partial charge < -0.3 is 19.3 Å². The van der Waals surface area contributed by atoms with Gasteiger partial charge in [0, 0.05) is 30.0 Å². The fourth-order valence-corrected chi connectivity index (χ4v) is 3.16. The lowest BCUT2D eigenvalue weighted by Crippen LogP contribution is -2.29.